The highest BCUT2D eigenvalue weighted by Gasteiger charge is 2.26. The predicted molar refractivity (Wildman–Crippen MR) is 125 cm³/mol. The van der Waals surface area contributed by atoms with Crippen molar-refractivity contribution in [3.63, 3.8) is 0 Å². The van der Waals surface area contributed by atoms with Crippen molar-refractivity contribution >= 4 is 36.0 Å². The number of hydrogen-bond acceptors (Lipinski definition) is 5. The second kappa shape index (κ2) is 10.3. The van der Waals surface area contributed by atoms with Crippen molar-refractivity contribution < 1.29 is 14.3 Å². The van der Waals surface area contributed by atoms with Crippen LogP contribution in [0.25, 0.3) is 0 Å². The topological polar surface area (TPSA) is 93.3 Å². The van der Waals surface area contributed by atoms with Crippen LogP contribution >= 0.6 is 24.0 Å². The molecule has 8 nitrogen and oxygen atoms in total. The zero-order valence-corrected chi connectivity index (χ0v) is 20.6. The second-order valence-corrected chi connectivity index (χ2v) is 8.85. The molecular formula is C20H34IN5O3. The van der Waals surface area contributed by atoms with Gasteiger partial charge in [0.25, 0.3) is 0 Å². The molecule has 29 heavy (non-hydrogen) atoms. The van der Waals surface area contributed by atoms with Gasteiger partial charge in [-0.25, -0.2) is 14.8 Å². The maximum atomic E-state index is 12.1. The van der Waals surface area contributed by atoms with Gasteiger partial charge in [0.1, 0.15) is 11.2 Å². The first-order valence-electron chi connectivity index (χ1n) is 9.60. The second-order valence-electron chi connectivity index (χ2n) is 8.85. The number of hydrogen-bond donors (Lipinski definition) is 1. The molecule has 1 aliphatic heterocycles. The van der Waals surface area contributed by atoms with Gasteiger partial charge in [0.15, 0.2) is 5.96 Å². The van der Waals surface area contributed by atoms with Gasteiger partial charge in [0.05, 0.1) is 6.54 Å². The Morgan fingerprint density at radius 1 is 1.07 bits per heavy atom. The molecule has 9 heteroatoms. The van der Waals surface area contributed by atoms with Crippen LogP contribution in [0.2, 0.25) is 0 Å². The average Bonchev–Trinajstić information content (AvgIpc) is 2.58. The van der Waals surface area contributed by atoms with Gasteiger partial charge in [-0.2, -0.15) is 0 Å². The molecule has 1 aliphatic rings. The third kappa shape index (κ3) is 9.05. The lowest BCUT2D eigenvalue weighted by molar-refractivity contribution is 0.0186. The first-order chi connectivity index (χ1) is 12.9. The molecule has 0 spiro atoms. The van der Waals surface area contributed by atoms with E-state index in [1.54, 1.807) is 11.1 Å². The molecule has 0 aliphatic carbocycles. The van der Waals surface area contributed by atoms with Crippen molar-refractivity contribution in [3.8, 4) is 5.88 Å². The molecule has 0 unspecified atom stereocenters. The minimum Gasteiger partial charge on any atom is -0.472 e. The fourth-order valence-electron chi connectivity index (χ4n) is 2.60. The number of halogens is 1. The molecule has 1 saturated heterocycles. The highest BCUT2D eigenvalue weighted by atomic mass is 127. The third-order valence-corrected chi connectivity index (χ3v) is 3.89. The molecule has 2 heterocycles. The van der Waals surface area contributed by atoms with Crippen LogP contribution in [-0.2, 0) is 11.3 Å². The first kappa shape index (κ1) is 25.3. The van der Waals surface area contributed by atoms with Crippen molar-refractivity contribution in [1.29, 1.82) is 0 Å². The van der Waals surface area contributed by atoms with Crippen molar-refractivity contribution in [2.45, 2.75) is 59.3 Å². The number of carbonyl (C=O) groups is 1. The van der Waals surface area contributed by atoms with Crippen LogP contribution in [0.5, 0.6) is 5.88 Å². The van der Waals surface area contributed by atoms with Crippen LogP contribution in [0.1, 0.15) is 47.1 Å². The predicted octanol–water partition coefficient (Wildman–Crippen LogP) is 3.24. The van der Waals surface area contributed by atoms with Gasteiger partial charge in [0, 0.05) is 38.4 Å². The van der Waals surface area contributed by atoms with Crippen molar-refractivity contribution in [2.24, 2.45) is 10.7 Å². The summed E-state index contributed by atoms with van der Waals surface area (Å²) in [5.41, 5.74) is 6.31. The zero-order chi connectivity index (χ0) is 20.9. The fraction of sp³-hybridized carbons (Fsp3) is 0.650. The number of pyridine rings is 1. The maximum absolute atomic E-state index is 12.1. The largest absolute Gasteiger partial charge is 0.472 e. The fourth-order valence-corrected chi connectivity index (χ4v) is 2.60. The van der Waals surface area contributed by atoms with E-state index in [0.717, 1.165) is 5.56 Å². The SMILES string of the molecule is CC(C)(C)OC(=O)N1CCN(C(N)=NCc2ccc(OC(C)(C)C)nc2)CC1.I. The van der Waals surface area contributed by atoms with Crippen LogP contribution in [0.3, 0.4) is 0 Å². The number of aliphatic imine (C=N–C) groups is 1. The number of aromatic nitrogens is 1. The molecule has 0 saturated carbocycles. The number of nitrogens with two attached hydrogens (primary N) is 1. The molecule has 2 rings (SSSR count). The van der Waals surface area contributed by atoms with Gasteiger partial charge in [-0.05, 0) is 47.1 Å². The number of piperazine rings is 1. The maximum Gasteiger partial charge on any atom is 0.410 e. The lowest BCUT2D eigenvalue weighted by Gasteiger charge is -2.36. The van der Waals surface area contributed by atoms with Crippen molar-refractivity contribution in [3.05, 3.63) is 23.9 Å². The number of guanidine groups is 1. The molecular weight excluding hydrogens is 485 g/mol. The quantitative estimate of drug-likeness (QED) is 0.375. The highest BCUT2D eigenvalue weighted by Crippen LogP contribution is 2.16. The van der Waals surface area contributed by atoms with Gasteiger partial charge in [-0.1, -0.05) is 6.07 Å². The van der Waals surface area contributed by atoms with E-state index in [9.17, 15) is 4.79 Å². The minimum atomic E-state index is -0.490. The highest BCUT2D eigenvalue weighted by molar-refractivity contribution is 14.0. The van der Waals surface area contributed by atoms with E-state index in [-0.39, 0.29) is 35.7 Å². The molecule has 164 valence electrons. The Bertz CT molecular complexity index is 688. The van der Waals surface area contributed by atoms with E-state index in [4.69, 9.17) is 15.2 Å². The first-order valence-corrected chi connectivity index (χ1v) is 9.60. The zero-order valence-electron chi connectivity index (χ0n) is 18.3. The summed E-state index contributed by atoms with van der Waals surface area (Å²) in [5, 5.41) is 0. The van der Waals surface area contributed by atoms with Crippen LogP contribution in [-0.4, -0.2) is 64.2 Å². The van der Waals surface area contributed by atoms with Gasteiger partial charge in [0.2, 0.25) is 5.88 Å². The summed E-state index contributed by atoms with van der Waals surface area (Å²) in [4.78, 5) is 24.6. The summed E-state index contributed by atoms with van der Waals surface area (Å²) in [7, 11) is 0. The van der Waals surface area contributed by atoms with E-state index >= 15 is 0 Å². The van der Waals surface area contributed by atoms with Crippen molar-refractivity contribution in [1.82, 2.24) is 14.8 Å². The Kier molecular flexibility index (Phi) is 8.98. The lowest BCUT2D eigenvalue weighted by atomic mass is 10.2. The Hall–Kier alpha value is -1.78. The molecule has 1 amide bonds. The molecule has 0 atom stereocenters. The molecule has 0 radical (unpaired) electrons. The van der Waals surface area contributed by atoms with E-state index in [1.807, 2.05) is 58.6 Å². The normalized spacial score (nSPS) is 15.6. The molecule has 1 fully saturated rings. The summed E-state index contributed by atoms with van der Waals surface area (Å²) in [5.74, 6) is 1.06. The molecule has 1 aromatic heterocycles. The standard InChI is InChI=1S/C20H33N5O3.HI/c1-19(2,3)27-16-8-7-15(13-22-16)14-23-17(21)24-9-11-25(12-10-24)18(26)28-20(4,5)6;/h7-8,13H,9-12,14H2,1-6H3,(H2,21,23);1H. The number of nitrogens with zero attached hydrogens (tertiary/aromatic N) is 4. The summed E-state index contributed by atoms with van der Waals surface area (Å²) >= 11 is 0. The summed E-state index contributed by atoms with van der Waals surface area (Å²) < 4.78 is 11.1. The van der Waals surface area contributed by atoms with E-state index in [0.29, 0.717) is 44.6 Å². The summed E-state index contributed by atoms with van der Waals surface area (Å²) in [6, 6.07) is 3.77. The molecule has 2 N–H and O–H groups in total. The van der Waals surface area contributed by atoms with Gasteiger partial charge >= 0.3 is 6.09 Å². The summed E-state index contributed by atoms with van der Waals surface area (Å²) in [6.45, 7) is 14.4. The third-order valence-electron chi connectivity index (χ3n) is 3.89. The molecule has 0 aromatic carbocycles. The Labute approximate surface area is 190 Å². The van der Waals surface area contributed by atoms with Crippen LogP contribution in [0.4, 0.5) is 4.79 Å². The van der Waals surface area contributed by atoms with Gasteiger partial charge in [-0.15, -0.1) is 24.0 Å². The number of ether oxygens (including phenoxy) is 2. The van der Waals surface area contributed by atoms with Crippen LogP contribution in [0.15, 0.2) is 23.3 Å². The Balaban J connectivity index is 0.00000420. The summed E-state index contributed by atoms with van der Waals surface area (Å²) in [6.07, 6.45) is 1.46. The number of carbonyl (C=O) groups excluding carboxylic acids is 1. The lowest BCUT2D eigenvalue weighted by Crippen LogP contribution is -2.53. The van der Waals surface area contributed by atoms with Crippen molar-refractivity contribution in [2.75, 3.05) is 26.2 Å². The number of amides is 1. The number of rotatable bonds is 3. The smallest absolute Gasteiger partial charge is 0.410 e. The Morgan fingerprint density at radius 2 is 1.66 bits per heavy atom. The Morgan fingerprint density at radius 3 is 2.14 bits per heavy atom. The van der Waals surface area contributed by atoms with Crippen LogP contribution in [0, 0.1) is 0 Å². The van der Waals surface area contributed by atoms with E-state index < -0.39 is 5.60 Å². The van der Waals surface area contributed by atoms with E-state index in [2.05, 4.69) is 9.98 Å². The van der Waals surface area contributed by atoms with Crippen LogP contribution < -0.4 is 10.5 Å². The minimum absolute atomic E-state index is 0. The van der Waals surface area contributed by atoms with Gasteiger partial charge < -0.3 is 25.0 Å². The van der Waals surface area contributed by atoms with E-state index in [1.165, 1.54) is 0 Å². The average molecular weight is 519 g/mol. The van der Waals surface area contributed by atoms with Gasteiger partial charge in [-0.3, -0.25) is 0 Å². The molecule has 1 aromatic rings. The monoisotopic (exact) mass is 519 g/mol. The molecule has 0 bridgehead atoms.